The molecule has 3 nitrogen and oxygen atoms in total. The SMILES string of the molecule is CC1=NNC(=NCc2ccccc2)C1. The second kappa shape index (κ2) is 4.05. The monoisotopic (exact) mass is 187 g/mol. The van der Waals surface area contributed by atoms with Gasteiger partial charge in [-0.25, -0.2) is 0 Å². The van der Waals surface area contributed by atoms with E-state index in [0.29, 0.717) is 0 Å². The highest BCUT2D eigenvalue weighted by Gasteiger charge is 2.07. The first-order valence-corrected chi connectivity index (χ1v) is 4.71. The fraction of sp³-hybridized carbons (Fsp3) is 0.273. The lowest BCUT2D eigenvalue weighted by Crippen LogP contribution is -2.11. The summed E-state index contributed by atoms with van der Waals surface area (Å²) in [6, 6.07) is 10.2. The number of nitrogens with zero attached hydrogens (tertiary/aromatic N) is 2. The normalized spacial score (nSPS) is 18.1. The lowest BCUT2D eigenvalue weighted by Gasteiger charge is -1.97. The van der Waals surface area contributed by atoms with Crippen molar-refractivity contribution in [2.24, 2.45) is 10.1 Å². The maximum Gasteiger partial charge on any atom is 0.123 e. The van der Waals surface area contributed by atoms with Gasteiger partial charge in [0.25, 0.3) is 0 Å². The van der Waals surface area contributed by atoms with Gasteiger partial charge in [-0.2, -0.15) is 5.10 Å². The Balaban J connectivity index is 1.95. The fourth-order valence-electron chi connectivity index (χ4n) is 1.34. The first-order chi connectivity index (χ1) is 6.84. The van der Waals surface area contributed by atoms with E-state index in [1.807, 2.05) is 25.1 Å². The highest BCUT2D eigenvalue weighted by atomic mass is 15.3. The summed E-state index contributed by atoms with van der Waals surface area (Å²) >= 11 is 0. The van der Waals surface area contributed by atoms with Gasteiger partial charge in [-0.15, -0.1) is 0 Å². The van der Waals surface area contributed by atoms with Crippen molar-refractivity contribution in [3.05, 3.63) is 35.9 Å². The molecule has 1 heterocycles. The summed E-state index contributed by atoms with van der Waals surface area (Å²) in [4.78, 5) is 4.43. The molecule has 0 aliphatic carbocycles. The minimum atomic E-state index is 0.728. The minimum absolute atomic E-state index is 0.728. The van der Waals surface area contributed by atoms with Crippen LogP contribution in [-0.2, 0) is 6.54 Å². The molecule has 0 amide bonds. The highest BCUT2D eigenvalue weighted by Crippen LogP contribution is 2.03. The number of hydrogen-bond acceptors (Lipinski definition) is 2. The van der Waals surface area contributed by atoms with Crippen molar-refractivity contribution in [1.82, 2.24) is 5.43 Å². The molecule has 14 heavy (non-hydrogen) atoms. The maximum absolute atomic E-state index is 4.43. The zero-order chi connectivity index (χ0) is 9.80. The predicted molar refractivity (Wildman–Crippen MR) is 58.4 cm³/mol. The fourth-order valence-corrected chi connectivity index (χ4v) is 1.34. The van der Waals surface area contributed by atoms with E-state index in [1.54, 1.807) is 0 Å². The van der Waals surface area contributed by atoms with Crippen molar-refractivity contribution in [1.29, 1.82) is 0 Å². The van der Waals surface area contributed by atoms with E-state index < -0.39 is 0 Å². The Morgan fingerprint density at radius 1 is 1.36 bits per heavy atom. The van der Waals surface area contributed by atoms with Crippen molar-refractivity contribution in [3.8, 4) is 0 Å². The smallest absolute Gasteiger partial charge is 0.123 e. The molecule has 0 saturated heterocycles. The summed E-state index contributed by atoms with van der Waals surface area (Å²) in [6.45, 7) is 2.73. The summed E-state index contributed by atoms with van der Waals surface area (Å²) in [7, 11) is 0. The molecule has 72 valence electrons. The Bertz CT molecular complexity index is 365. The first-order valence-electron chi connectivity index (χ1n) is 4.71. The van der Waals surface area contributed by atoms with E-state index in [9.17, 15) is 0 Å². The van der Waals surface area contributed by atoms with Crippen molar-refractivity contribution in [2.45, 2.75) is 19.9 Å². The van der Waals surface area contributed by atoms with Crippen LogP contribution in [0.25, 0.3) is 0 Å². The van der Waals surface area contributed by atoms with E-state index in [-0.39, 0.29) is 0 Å². The maximum atomic E-state index is 4.43. The van der Waals surface area contributed by atoms with Gasteiger partial charge in [-0.1, -0.05) is 30.3 Å². The van der Waals surface area contributed by atoms with Crippen molar-refractivity contribution >= 4 is 11.5 Å². The lowest BCUT2D eigenvalue weighted by molar-refractivity contribution is 0.989. The van der Waals surface area contributed by atoms with Gasteiger partial charge < -0.3 is 0 Å². The van der Waals surface area contributed by atoms with Gasteiger partial charge in [-0.3, -0.25) is 10.4 Å². The number of aliphatic imine (C=N–C) groups is 1. The minimum Gasteiger partial charge on any atom is -0.266 e. The number of benzene rings is 1. The van der Waals surface area contributed by atoms with Crippen LogP contribution in [0.15, 0.2) is 40.4 Å². The molecule has 0 aromatic heterocycles. The molecule has 1 aliphatic heterocycles. The summed E-state index contributed by atoms with van der Waals surface area (Å²) in [5, 5.41) is 4.07. The summed E-state index contributed by atoms with van der Waals surface area (Å²) in [5.41, 5.74) is 5.24. The summed E-state index contributed by atoms with van der Waals surface area (Å²) in [6.07, 6.45) is 0.854. The van der Waals surface area contributed by atoms with Gasteiger partial charge in [0.05, 0.1) is 6.54 Å². The van der Waals surface area contributed by atoms with E-state index in [4.69, 9.17) is 0 Å². The van der Waals surface area contributed by atoms with Crippen molar-refractivity contribution in [2.75, 3.05) is 0 Å². The molecular weight excluding hydrogens is 174 g/mol. The van der Waals surface area contributed by atoms with Crippen LogP contribution in [0.1, 0.15) is 18.9 Å². The van der Waals surface area contributed by atoms with Crippen LogP contribution in [0.4, 0.5) is 0 Å². The Labute approximate surface area is 83.6 Å². The number of rotatable bonds is 2. The Morgan fingerprint density at radius 3 is 2.79 bits per heavy atom. The second-order valence-corrected chi connectivity index (χ2v) is 3.38. The number of hydrazone groups is 1. The average Bonchev–Trinajstić information content (AvgIpc) is 2.63. The Morgan fingerprint density at radius 2 is 2.14 bits per heavy atom. The highest BCUT2D eigenvalue weighted by molar-refractivity contribution is 6.06. The van der Waals surface area contributed by atoms with Gasteiger partial charge in [0.2, 0.25) is 0 Å². The Hall–Kier alpha value is -1.64. The topological polar surface area (TPSA) is 36.8 Å². The van der Waals surface area contributed by atoms with Crippen LogP contribution < -0.4 is 5.43 Å². The second-order valence-electron chi connectivity index (χ2n) is 3.38. The molecule has 3 heteroatoms. The van der Waals surface area contributed by atoms with Crippen LogP contribution in [-0.4, -0.2) is 11.5 Å². The summed E-state index contributed by atoms with van der Waals surface area (Å²) in [5.74, 6) is 0.964. The van der Waals surface area contributed by atoms with Crippen molar-refractivity contribution < 1.29 is 0 Å². The molecule has 0 fully saturated rings. The van der Waals surface area contributed by atoms with Gasteiger partial charge in [0.1, 0.15) is 5.84 Å². The molecule has 0 spiro atoms. The third-order valence-electron chi connectivity index (χ3n) is 2.09. The molecule has 1 aromatic rings. The predicted octanol–water partition coefficient (Wildman–Crippen LogP) is 1.95. The molecule has 1 N–H and O–H groups in total. The average molecular weight is 187 g/mol. The molecule has 2 rings (SSSR count). The quantitative estimate of drug-likeness (QED) is 0.754. The van der Waals surface area contributed by atoms with E-state index in [2.05, 4.69) is 27.7 Å². The number of nitrogens with one attached hydrogen (secondary N) is 1. The lowest BCUT2D eigenvalue weighted by atomic mass is 10.2. The van der Waals surface area contributed by atoms with Gasteiger partial charge in [-0.05, 0) is 12.5 Å². The van der Waals surface area contributed by atoms with Crippen molar-refractivity contribution in [3.63, 3.8) is 0 Å². The molecular formula is C11H13N3. The molecule has 0 radical (unpaired) electrons. The first kappa shape index (κ1) is 8.94. The van der Waals surface area contributed by atoms with E-state index in [1.165, 1.54) is 5.56 Å². The molecule has 0 saturated carbocycles. The molecule has 1 aromatic carbocycles. The standard InChI is InChI=1S/C11H13N3/c1-9-7-11(14-13-9)12-8-10-5-3-2-4-6-10/h2-6H,7-8H2,1H3,(H,12,14). The van der Waals surface area contributed by atoms with Crippen LogP contribution >= 0.6 is 0 Å². The molecule has 0 bridgehead atoms. The largest absolute Gasteiger partial charge is 0.266 e. The van der Waals surface area contributed by atoms with E-state index in [0.717, 1.165) is 24.5 Å². The summed E-state index contributed by atoms with van der Waals surface area (Å²) < 4.78 is 0. The third kappa shape index (κ3) is 2.19. The number of hydrogen-bond donors (Lipinski definition) is 1. The van der Waals surface area contributed by atoms with E-state index >= 15 is 0 Å². The van der Waals surface area contributed by atoms with Gasteiger partial charge >= 0.3 is 0 Å². The molecule has 0 atom stereocenters. The van der Waals surface area contributed by atoms with Crippen LogP contribution in [0, 0.1) is 0 Å². The third-order valence-corrected chi connectivity index (χ3v) is 2.09. The van der Waals surface area contributed by atoms with Crippen LogP contribution in [0.2, 0.25) is 0 Å². The Kier molecular flexibility index (Phi) is 2.58. The molecule has 1 aliphatic rings. The molecule has 0 unspecified atom stereocenters. The van der Waals surface area contributed by atoms with Crippen LogP contribution in [0.5, 0.6) is 0 Å². The number of amidine groups is 1. The van der Waals surface area contributed by atoms with Gasteiger partial charge in [0.15, 0.2) is 0 Å². The zero-order valence-corrected chi connectivity index (χ0v) is 8.20. The van der Waals surface area contributed by atoms with Gasteiger partial charge in [0, 0.05) is 12.1 Å². The zero-order valence-electron chi connectivity index (χ0n) is 8.20. The van der Waals surface area contributed by atoms with Crippen LogP contribution in [0.3, 0.4) is 0 Å².